The van der Waals surface area contributed by atoms with Crippen molar-refractivity contribution in [2.24, 2.45) is 0 Å². The summed E-state index contributed by atoms with van der Waals surface area (Å²) < 4.78 is 0. The SMILES string of the molecule is [CH2]CCC(=O)N1CCN(CCCCc2ccccc2)CC1. The van der Waals surface area contributed by atoms with Gasteiger partial charge in [-0.05, 0) is 37.8 Å². The Morgan fingerprint density at radius 1 is 1.05 bits per heavy atom. The van der Waals surface area contributed by atoms with E-state index in [9.17, 15) is 4.79 Å². The number of benzene rings is 1. The predicted molar refractivity (Wildman–Crippen MR) is 87.0 cm³/mol. The Kier molecular flexibility index (Phi) is 6.74. The first-order valence-corrected chi connectivity index (χ1v) is 8.13. The Labute approximate surface area is 128 Å². The molecule has 3 nitrogen and oxygen atoms in total. The van der Waals surface area contributed by atoms with E-state index in [1.807, 2.05) is 4.90 Å². The highest BCUT2D eigenvalue weighted by Crippen LogP contribution is 2.08. The molecule has 1 fully saturated rings. The first-order chi connectivity index (χ1) is 10.3. The molecule has 1 amide bonds. The smallest absolute Gasteiger partial charge is 0.222 e. The Morgan fingerprint density at radius 2 is 1.76 bits per heavy atom. The predicted octanol–water partition coefficient (Wildman–Crippen LogP) is 2.77. The van der Waals surface area contributed by atoms with Crippen LogP contribution in [-0.4, -0.2) is 48.4 Å². The molecule has 0 aliphatic carbocycles. The lowest BCUT2D eigenvalue weighted by Crippen LogP contribution is -2.48. The summed E-state index contributed by atoms with van der Waals surface area (Å²) in [5.74, 6) is 0.272. The first-order valence-electron chi connectivity index (χ1n) is 8.13. The van der Waals surface area contributed by atoms with E-state index in [1.165, 1.54) is 24.8 Å². The van der Waals surface area contributed by atoms with Crippen LogP contribution in [0, 0.1) is 6.92 Å². The lowest BCUT2D eigenvalue weighted by molar-refractivity contribution is -0.132. The van der Waals surface area contributed by atoms with Crippen molar-refractivity contribution in [3.8, 4) is 0 Å². The summed E-state index contributed by atoms with van der Waals surface area (Å²) in [4.78, 5) is 16.3. The van der Waals surface area contributed by atoms with Crippen molar-refractivity contribution < 1.29 is 4.79 Å². The second-order valence-electron chi connectivity index (χ2n) is 5.77. The summed E-state index contributed by atoms with van der Waals surface area (Å²) >= 11 is 0. The van der Waals surface area contributed by atoms with Gasteiger partial charge in [0.25, 0.3) is 0 Å². The maximum Gasteiger partial charge on any atom is 0.222 e. The average Bonchev–Trinajstić information content (AvgIpc) is 2.53. The number of carbonyl (C=O) groups is 1. The van der Waals surface area contributed by atoms with E-state index in [0.29, 0.717) is 12.8 Å². The third-order valence-corrected chi connectivity index (χ3v) is 4.15. The van der Waals surface area contributed by atoms with Crippen LogP contribution >= 0.6 is 0 Å². The molecule has 1 aromatic rings. The highest BCUT2D eigenvalue weighted by Gasteiger charge is 2.19. The number of piperazine rings is 1. The molecule has 0 aromatic heterocycles. The van der Waals surface area contributed by atoms with Gasteiger partial charge in [0.15, 0.2) is 0 Å². The van der Waals surface area contributed by atoms with Crippen LogP contribution in [0.1, 0.15) is 31.2 Å². The van der Waals surface area contributed by atoms with E-state index < -0.39 is 0 Å². The van der Waals surface area contributed by atoms with Crippen molar-refractivity contribution in [1.29, 1.82) is 0 Å². The normalized spacial score (nSPS) is 16.1. The first kappa shape index (κ1) is 16.0. The molecule has 1 saturated heterocycles. The van der Waals surface area contributed by atoms with Crippen molar-refractivity contribution in [3.05, 3.63) is 42.8 Å². The van der Waals surface area contributed by atoms with Gasteiger partial charge in [-0.3, -0.25) is 9.69 Å². The monoisotopic (exact) mass is 287 g/mol. The van der Waals surface area contributed by atoms with Crippen LogP contribution in [0.5, 0.6) is 0 Å². The Balaban J connectivity index is 1.58. The van der Waals surface area contributed by atoms with Gasteiger partial charge in [-0.1, -0.05) is 37.3 Å². The molecule has 1 heterocycles. The molecule has 0 unspecified atom stereocenters. The maximum absolute atomic E-state index is 11.8. The minimum Gasteiger partial charge on any atom is -0.340 e. The van der Waals surface area contributed by atoms with Crippen molar-refractivity contribution >= 4 is 5.91 Å². The van der Waals surface area contributed by atoms with Crippen LogP contribution in [0.4, 0.5) is 0 Å². The molecular weight excluding hydrogens is 260 g/mol. The molecule has 0 atom stereocenters. The van der Waals surface area contributed by atoms with Gasteiger partial charge in [0, 0.05) is 32.6 Å². The standard InChI is InChI=1S/C18H27N2O/c1-2-8-18(21)20-15-13-19(14-16-20)12-7-6-11-17-9-4-3-5-10-17/h3-5,9-10H,1-2,6-8,11-16H2. The molecule has 3 heteroatoms. The molecule has 0 spiro atoms. The number of aryl methyl sites for hydroxylation is 1. The van der Waals surface area contributed by atoms with Crippen molar-refractivity contribution in [3.63, 3.8) is 0 Å². The third kappa shape index (κ3) is 5.50. The zero-order chi connectivity index (χ0) is 14.9. The third-order valence-electron chi connectivity index (χ3n) is 4.15. The van der Waals surface area contributed by atoms with Crippen LogP contribution in [0.15, 0.2) is 30.3 Å². The quantitative estimate of drug-likeness (QED) is 0.720. The van der Waals surface area contributed by atoms with Crippen molar-refractivity contribution in [2.45, 2.75) is 32.1 Å². The number of unbranched alkanes of at least 4 members (excludes halogenated alkanes) is 1. The number of nitrogens with zero attached hydrogens (tertiary/aromatic N) is 2. The molecule has 1 radical (unpaired) electrons. The molecule has 1 aliphatic heterocycles. The minimum atomic E-state index is 0.272. The molecule has 2 rings (SSSR count). The zero-order valence-corrected chi connectivity index (χ0v) is 13.0. The number of amides is 1. The molecular formula is C18H27N2O. The summed E-state index contributed by atoms with van der Waals surface area (Å²) in [5.41, 5.74) is 1.43. The summed E-state index contributed by atoms with van der Waals surface area (Å²) in [7, 11) is 0. The number of hydrogen-bond acceptors (Lipinski definition) is 2. The zero-order valence-electron chi connectivity index (χ0n) is 13.0. The lowest BCUT2D eigenvalue weighted by Gasteiger charge is -2.34. The Morgan fingerprint density at radius 3 is 2.43 bits per heavy atom. The van der Waals surface area contributed by atoms with Crippen LogP contribution in [0.25, 0.3) is 0 Å². The number of hydrogen-bond donors (Lipinski definition) is 0. The maximum atomic E-state index is 11.8. The number of rotatable bonds is 7. The van der Waals surface area contributed by atoms with Gasteiger partial charge >= 0.3 is 0 Å². The van der Waals surface area contributed by atoms with Gasteiger partial charge in [-0.2, -0.15) is 0 Å². The van der Waals surface area contributed by atoms with E-state index in [4.69, 9.17) is 0 Å². The second kappa shape index (κ2) is 8.83. The van der Waals surface area contributed by atoms with E-state index in [0.717, 1.165) is 32.7 Å². The average molecular weight is 287 g/mol. The number of carbonyl (C=O) groups excluding carboxylic acids is 1. The van der Waals surface area contributed by atoms with Crippen LogP contribution < -0.4 is 0 Å². The highest BCUT2D eigenvalue weighted by molar-refractivity contribution is 5.76. The van der Waals surface area contributed by atoms with E-state index >= 15 is 0 Å². The highest BCUT2D eigenvalue weighted by atomic mass is 16.2. The van der Waals surface area contributed by atoms with Gasteiger partial charge < -0.3 is 4.90 Å². The second-order valence-corrected chi connectivity index (χ2v) is 5.77. The molecule has 1 aliphatic rings. The topological polar surface area (TPSA) is 23.6 Å². The fourth-order valence-electron chi connectivity index (χ4n) is 2.84. The van der Waals surface area contributed by atoms with Crippen LogP contribution in [-0.2, 0) is 11.2 Å². The van der Waals surface area contributed by atoms with Gasteiger partial charge in [0.1, 0.15) is 0 Å². The van der Waals surface area contributed by atoms with Crippen molar-refractivity contribution in [2.75, 3.05) is 32.7 Å². The summed E-state index contributed by atoms with van der Waals surface area (Å²) in [5, 5.41) is 0. The fourth-order valence-corrected chi connectivity index (χ4v) is 2.84. The lowest BCUT2D eigenvalue weighted by atomic mass is 10.1. The van der Waals surface area contributed by atoms with Crippen molar-refractivity contribution in [1.82, 2.24) is 9.80 Å². The molecule has 21 heavy (non-hydrogen) atoms. The van der Waals surface area contributed by atoms with E-state index in [1.54, 1.807) is 0 Å². The van der Waals surface area contributed by atoms with E-state index in [2.05, 4.69) is 42.2 Å². The molecule has 115 valence electrons. The summed E-state index contributed by atoms with van der Waals surface area (Å²) in [6.45, 7) is 8.73. The largest absolute Gasteiger partial charge is 0.340 e. The van der Waals surface area contributed by atoms with Crippen LogP contribution in [0.2, 0.25) is 0 Å². The van der Waals surface area contributed by atoms with E-state index in [-0.39, 0.29) is 5.91 Å². The minimum absolute atomic E-state index is 0.272. The molecule has 0 saturated carbocycles. The van der Waals surface area contributed by atoms with Crippen LogP contribution in [0.3, 0.4) is 0 Å². The Bertz CT molecular complexity index is 410. The van der Waals surface area contributed by atoms with Gasteiger partial charge in [-0.15, -0.1) is 0 Å². The van der Waals surface area contributed by atoms with Gasteiger partial charge in [0.05, 0.1) is 0 Å². The molecule has 1 aromatic carbocycles. The Hall–Kier alpha value is -1.35. The van der Waals surface area contributed by atoms with Gasteiger partial charge in [0.2, 0.25) is 5.91 Å². The molecule has 0 bridgehead atoms. The van der Waals surface area contributed by atoms with Gasteiger partial charge in [-0.25, -0.2) is 0 Å². The fraction of sp³-hybridized carbons (Fsp3) is 0.556. The summed E-state index contributed by atoms with van der Waals surface area (Å²) in [6.07, 6.45) is 4.95. The molecule has 0 N–H and O–H groups in total. The summed E-state index contributed by atoms with van der Waals surface area (Å²) in [6, 6.07) is 10.7.